The van der Waals surface area contributed by atoms with Crippen LogP contribution in [0.3, 0.4) is 0 Å². The Balaban J connectivity index is 2.54. The summed E-state index contributed by atoms with van der Waals surface area (Å²) in [7, 11) is -7.04. The van der Waals surface area contributed by atoms with Gasteiger partial charge in [-0.25, -0.2) is 16.8 Å². The molecule has 0 aliphatic rings. The van der Waals surface area contributed by atoms with Gasteiger partial charge in [-0.05, 0) is 24.3 Å². The molecule has 2 aromatic carbocycles. The number of rotatable bonds is 4. The summed E-state index contributed by atoms with van der Waals surface area (Å²) >= 11 is 0. The molecule has 0 heterocycles. The van der Waals surface area contributed by atoms with Crippen LogP contribution in [0.1, 0.15) is 0 Å². The van der Waals surface area contributed by atoms with E-state index in [9.17, 15) is 16.8 Å². The van der Waals surface area contributed by atoms with Gasteiger partial charge in [0.1, 0.15) is 0 Å². The van der Waals surface area contributed by atoms with Crippen LogP contribution in [-0.4, -0.2) is 29.3 Å². The molecule has 0 spiro atoms. The Morgan fingerprint density at radius 3 is 1.39 bits per heavy atom. The Bertz CT molecular complexity index is 887. The highest BCUT2D eigenvalue weighted by atomic mass is 32.2. The molecular weight excluding hydrogens is 340 g/mol. The van der Waals surface area contributed by atoms with Crippen LogP contribution in [0.15, 0.2) is 46.2 Å². The number of benzene rings is 2. The van der Waals surface area contributed by atoms with E-state index in [-0.39, 0.29) is 32.7 Å². The molecule has 23 heavy (non-hydrogen) atoms. The van der Waals surface area contributed by atoms with Crippen molar-refractivity contribution in [3.8, 4) is 11.5 Å². The van der Waals surface area contributed by atoms with E-state index in [2.05, 4.69) is 0 Å². The first kappa shape index (κ1) is 17.1. The normalized spacial score (nSPS) is 12.1. The van der Waals surface area contributed by atoms with Crippen molar-refractivity contribution in [3.05, 3.63) is 36.4 Å². The van der Waals surface area contributed by atoms with Gasteiger partial charge in [-0.1, -0.05) is 12.1 Å². The third kappa shape index (κ3) is 3.57. The molecule has 9 heteroatoms. The monoisotopic (exact) mass is 356 g/mol. The van der Waals surface area contributed by atoms with Gasteiger partial charge in [0, 0.05) is 12.5 Å². The maximum Gasteiger partial charge on any atom is 0.177 e. The average molecular weight is 356 g/mol. The number of nitrogens with two attached hydrogens (primary N) is 2. The van der Waals surface area contributed by atoms with Crippen molar-refractivity contribution >= 4 is 31.0 Å². The average Bonchev–Trinajstić information content (AvgIpc) is 2.40. The SMILES string of the molecule is CS(=O)(=O)c1cccc(Oc2cccc(S(C)(=O)=O)c2N)c1N. The third-order valence-corrected chi connectivity index (χ3v) is 5.38. The smallest absolute Gasteiger partial charge is 0.177 e. The van der Waals surface area contributed by atoms with Gasteiger partial charge >= 0.3 is 0 Å². The molecule has 0 atom stereocenters. The molecule has 7 nitrogen and oxygen atoms in total. The van der Waals surface area contributed by atoms with Crippen LogP contribution >= 0.6 is 0 Å². The van der Waals surface area contributed by atoms with E-state index >= 15 is 0 Å². The molecule has 0 saturated heterocycles. The lowest BCUT2D eigenvalue weighted by Gasteiger charge is -2.14. The topological polar surface area (TPSA) is 130 Å². The second-order valence-corrected chi connectivity index (χ2v) is 8.95. The van der Waals surface area contributed by atoms with Crippen molar-refractivity contribution in [2.45, 2.75) is 9.79 Å². The fraction of sp³-hybridized carbons (Fsp3) is 0.143. The van der Waals surface area contributed by atoms with E-state index in [0.29, 0.717) is 0 Å². The summed E-state index contributed by atoms with van der Waals surface area (Å²) in [6, 6.07) is 8.59. The molecule has 0 amide bonds. The van der Waals surface area contributed by atoms with Crippen LogP contribution in [0.4, 0.5) is 11.4 Å². The zero-order valence-corrected chi connectivity index (χ0v) is 14.1. The van der Waals surface area contributed by atoms with Gasteiger partial charge in [-0.3, -0.25) is 0 Å². The molecule has 0 saturated carbocycles. The lowest BCUT2D eigenvalue weighted by molar-refractivity contribution is 0.484. The quantitative estimate of drug-likeness (QED) is 0.793. The Morgan fingerprint density at radius 2 is 1.09 bits per heavy atom. The summed E-state index contributed by atoms with van der Waals surface area (Å²) in [5.74, 6) is 0.149. The van der Waals surface area contributed by atoms with Crippen molar-refractivity contribution < 1.29 is 21.6 Å². The van der Waals surface area contributed by atoms with Crippen molar-refractivity contribution in [2.24, 2.45) is 0 Å². The van der Waals surface area contributed by atoms with Crippen LogP contribution in [-0.2, 0) is 19.7 Å². The molecular formula is C14H16N2O5S2. The zero-order chi connectivity index (χ0) is 17.4. The van der Waals surface area contributed by atoms with Crippen molar-refractivity contribution in [3.63, 3.8) is 0 Å². The fourth-order valence-electron chi connectivity index (χ4n) is 1.99. The lowest BCUT2D eigenvalue weighted by Crippen LogP contribution is -2.06. The highest BCUT2D eigenvalue weighted by Gasteiger charge is 2.18. The summed E-state index contributed by atoms with van der Waals surface area (Å²) in [6.45, 7) is 0. The van der Waals surface area contributed by atoms with E-state index in [0.717, 1.165) is 12.5 Å². The number of nitrogen functional groups attached to an aromatic ring is 2. The van der Waals surface area contributed by atoms with Crippen LogP contribution < -0.4 is 16.2 Å². The first-order valence-corrected chi connectivity index (χ1v) is 10.1. The molecule has 0 radical (unpaired) electrons. The minimum Gasteiger partial charge on any atom is -0.453 e. The summed E-state index contributed by atoms with van der Waals surface area (Å²) in [5, 5.41) is 0. The zero-order valence-electron chi connectivity index (χ0n) is 12.5. The van der Waals surface area contributed by atoms with Crippen LogP contribution in [0.25, 0.3) is 0 Å². The molecule has 0 unspecified atom stereocenters. The van der Waals surface area contributed by atoms with Gasteiger partial charge in [0.2, 0.25) is 0 Å². The van der Waals surface area contributed by atoms with Crippen molar-refractivity contribution in [2.75, 3.05) is 24.0 Å². The van der Waals surface area contributed by atoms with E-state index in [4.69, 9.17) is 16.2 Å². The van der Waals surface area contributed by atoms with Gasteiger partial charge in [0.15, 0.2) is 31.2 Å². The summed E-state index contributed by atoms with van der Waals surface area (Å²) in [5.41, 5.74) is 11.5. The number of hydrogen-bond donors (Lipinski definition) is 2. The number of ether oxygens (including phenoxy) is 1. The Kier molecular flexibility index (Phi) is 4.27. The van der Waals surface area contributed by atoms with Crippen LogP contribution in [0, 0.1) is 0 Å². The Hall–Kier alpha value is -2.26. The van der Waals surface area contributed by atoms with Gasteiger partial charge < -0.3 is 16.2 Å². The first-order valence-electron chi connectivity index (χ1n) is 6.37. The van der Waals surface area contributed by atoms with Gasteiger partial charge in [-0.2, -0.15) is 0 Å². The van der Waals surface area contributed by atoms with E-state index in [1.165, 1.54) is 36.4 Å². The minimum absolute atomic E-state index is 0.0702. The van der Waals surface area contributed by atoms with Crippen LogP contribution in [0.5, 0.6) is 11.5 Å². The van der Waals surface area contributed by atoms with E-state index in [1.54, 1.807) is 0 Å². The maximum absolute atomic E-state index is 11.7. The molecule has 0 aromatic heterocycles. The Morgan fingerprint density at radius 1 is 0.739 bits per heavy atom. The first-order chi connectivity index (χ1) is 10.5. The molecule has 2 aromatic rings. The second-order valence-electron chi connectivity index (χ2n) is 4.98. The van der Waals surface area contributed by atoms with E-state index in [1.807, 2.05) is 0 Å². The standard InChI is InChI=1S/C14H16N2O5S2/c1-22(17,18)11-7-3-5-9(13(11)15)21-10-6-4-8-12(14(10)16)23(2,19)20/h3-8H,15-16H2,1-2H3. The molecule has 0 fully saturated rings. The predicted octanol–water partition coefficient (Wildman–Crippen LogP) is 1.45. The molecule has 0 bridgehead atoms. The molecule has 124 valence electrons. The van der Waals surface area contributed by atoms with Gasteiger partial charge in [0.05, 0.1) is 21.2 Å². The second kappa shape index (κ2) is 5.74. The largest absolute Gasteiger partial charge is 0.453 e. The predicted molar refractivity (Wildman–Crippen MR) is 88.0 cm³/mol. The molecule has 0 aliphatic heterocycles. The molecule has 2 rings (SSSR count). The third-order valence-electron chi connectivity index (χ3n) is 3.07. The lowest BCUT2D eigenvalue weighted by atomic mass is 10.2. The summed E-state index contributed by atoms with van der Waals surface area (Å²) in [4.78, 5) is -0.152. The van der Waals surface area contributed by atoms with Crippen molar-refractivity contribution in [1.29, 1.82) is 0 Å². The Labute approximate surface area is 134 Å². The molecule has 0 aliphatic carbocycles. The number of para-hydroxylation sites is 2. The highest BCUT2D eigenvalue weighted by Crippen LogP contribution is 2.36. The van der Waals surface area contributed by atoms with Gasteiger partial charge in [-0.15, -0.1) is 0 Å². The number of sulfone groups is 2. The van der Waals surface area contributed by atoms with Gasteiger partial charge in [0.25, 0.3) is 0 Å². The molecule has 4 N–H and O–H groups in total. The van der Waals surface area contributed by atoms with Crippen molar-refractivity contribution in [1.82, 2.24) is 0 Å². The maximum atomic E-state index is 11.7. The van der Waals surface area contributed by atoms with Crippen LogP contribution in [0.2, 0.25) is 0 Å². The van der Waals surface area contributed by atoms with E-state index < -0.39 is 19.7 Å². The summed E-state index contributed by atoms with van der Waals surface area (Å²) < 4.78 is 52.2. The fourth-order valence-corrected chi connectivity index (χ4v) is 3.64. The summed E-state index contributed by atoms with van der Waals surface area (Å²) in [6.07, 6.45) is 2.06. The number of anilines is 2. The highest BCUT2D eigenvalue weighted by molar-refractivity contribution is 7.91. The minimum atomic E-state index is -3.52. The number of hydrogen-bond acceptors (Lipinski definition) is 7.